The van der Waals surface area contributed by atoms with Gasteiger partial charge in [0.15, 0.2) is 5.11 Å². The fourth-order valence-corrected chi connectivity index (χ4v) is 5.90. The van der Waals surface area contributed by atoms with Crippen LogP contribution in [-0.2, 0) is 29.0 Å². The van der Waals surface area contributed by atoms with Gasteiger partial charge >= 0.3 is 0 Å². The van der Waals surface area contributed by atoms with Gasteiger partial charge in [-0.15, -0.1) is 0 Å². The van der Waals surface area contributed by atoms with Crippen molar-refractivity contribution in [3.8, 4) is 0 Å². The maximum Gasteiger partial charge on any atom is 0.261 e. The van der Waals surface area contributed by atoms with E-state index in [-0.39, 0.29) is 23.3 Å². The summed E-state index contributed by atoms with van der Waals surface area (Å²) in [4.78, 5) is 28.3. The van der Waals surface area contributed by atoms with Gasteiger partial charge in [-0.3, -0.25) is 20.4 Å². The van der Waals surface area contributed by atoms with Crippen LogP contribution in [0.2, 0.25) is 0 Å². The quantitative estimate of drug-likeness (QED) is 0.0964. The molecule has 1 atom stereocenters. The van der Waals surface area contributed by atoms with Crippen LogP contribution < -0.4 is 26.4 Å². The molecule has 8 heteroatoms. The van der Waals surface area contributed by atoms with Gasteiger partial charge in [0.2, 0.25) is 5.91 Å². The smallest absolute Gasteiger partial charge is 0.261 e. The van der Waals surface area contributed by atoms with Crippen molar-refractivity contribution in [2.45, 2.75) is 25.4 Å². The number of hydrogen-bond donors (Lipinski definition) is 4. The van der Waals surface area contributed by atoms with E-state index in [2.05, 4.69) is 76.1 Å². The van der Waals surface area contributed by atoms with Crippen LogP contribution in [0.3, 0.4) is 0 Å². The van der Waals surface area contributed by atoms with E-state index in [1.807, 2.05) is 73.6 Å². The van der Waals surface area contributed by atoms with E-state index < -0.39 is 6.04 Å². The Hall–Kier alpha value is -5.21. The monoisotopic (exact) mass is 613 g/mol. The third kappa shape index (κ3) is 6.81. The lowest BCUT2D eigenvalue weighted by molar-refractivity contribution is -0.129. The molecule has 226 valence electrons. The van der Waals surface area contributed by atoms with Crippen LogP contribution in [-0.4, -0.2) is 37.1 Å². The second-order valence-corrected chi connectivity index (χ2v) is 11.8. The highest BCUT2D eigenvalue weighted by atomic mass is 32.1. The third-order valence-electron chi connectivity index (χ3n) is 8.11. The molecule has 6 aromatic carbocycles. The number of anilines is 1. The van der Waals surface area contributed by atoms with Gasteiger partial charge < -0.3 is 15.5 Å². The third-order valence-corrected chi connectivity index (χ3v) is 8.36. The average molecular weight is 614 g/mol. The van der Waals surface area contributed by atoms with Crippen LogP contribution in [0.5, 0.6) is 0 Å². The van der Waals surface area contributed by atoms with Gasteiger partial charge in [0.05, 0.1) is 6.42 Å². The average Bonchev–Trinajstić information content (AvgIpc) is 3.05. The van der Waals surface area contributed by atoms with Crippen LogP contribution in [0.15, 0.2) is 109 Å². The maximum absolute atomic E-state index is 13.3. The number of nitrogens with one attached hydrogen (secondary N) is 4. The number of hydrogen-bond acceptors (Lipinski definition) is 4. The minimum absolute atomic E-state index is 0.166. The number of rotatable bonds is 9. The van der Waals surface area contributed by atoms with Crippen molar-refractivity contribution in [3.63, 3.8) is 0 Å². The molecule has 0 radical (unpaired) electrons. The topological polar surface area (TPSA) is 85.5 Å². The maximum atomic E-state index is 13.3. The summed E-state index contributed by atoms with van der Waals surface area (Å²) >= 11 is 5.51. The number of thiocarbonyl (C=S) groups is 1. The summed E-state index contributed by atoms with van der Waals surface area (Å²) in [6, 6.07) is 35.9. The molecule has 4 N–H and O–H groups in total. The van der Waals surface area contributed by atoms with Crippen molar-refractivity contribution in [2.75, 3.05) is 19.0 Å². The van der Waals surface area contributed by atoms with Crippen molar-refractivity contribution in [1.82, 2.24) is 21.5 Å². The number of carbonyl (C=O) groups is 2. The van der Waals surface area contributed by atoms with Crippen LogP contribution in [0.1, 0.15) is 16.7 Å². The highest BCUT2D eigenvalue weighted by Gasteiger charge is 2.22. The van der Waals surface area contributed by atoms with E-state index >= 15 is 0 Å². The normalized spacial score (nSPS) is 11.8. The van der Waals surface area contributed by atoms with Crippen molar-refractivity contribution in [2.24, 2.45) is 0 Å². The van der Waals surface area contributed by atoms with Crippen molar-refractivity contribution in [1.29, 1.82) is 0 Å². The molecule has 0 aliphatic rings. The number of amides is 2. The van der Waals surface area contributed by atoms with Crippen molar-refractivity contribution >= 4 is 67.1 Å². The standard InChI is InChI=1S/C37H35N5O2S/c1-42(2)30-18-11-25(12-19-30)22-33(43)39-32(21-24-7-4-3-5-8-24)36(44)40-41-37(45)38-23-29-16-15-28-14-13-26-9-6-10-27-17-20-31(29)35(28)34(26)27/h3-20,32H,21-23H2,1-2H3,(H,39,43)(H,40,44)(H2,38,41,45)/t32-/m1/s1. The fourth-order valence-electron chi connectivity index (χ4n) is 5.78. The zero-order valence-electron chi connectivity index (χ0n) is 25.3. The number of benzene rings is 6. The van der Waals surface area contributed by atoms with E-state index in [0.717, 1.165) is 27.8 Å². The molecular formula is C37H35N5O2S. The molecular weight excluding hydrogens is 579 g/mol. The first kappa shape index (κ1) is 29.8. The van der Waals surface area contributed by atoms with E-state index in [4.69, 9.17) is 12.2 Å². The molecule has 45 heavy (non-hydrogen) atoms. The van der Waals surface area contributed by atoms with Gasteiger partial charge in [0.25, 0.3) is 5.91 Å². The van der Waals surface area contributed by atoms with Gasteiger partial charge in [-0.1, -0.05) is 97.1 Å². The molecule has 0 heterocycles. The summed E-state index contributed by atoms with van der Waals surface area (Å²) in [7, 11) is 3.94. The van der Waals surface area contributed by atoms with Crippen LogP contribution >= 0.6 is 12.2 Å². The van der Waals surface area contributed by atoms with E-state index in [9.17, 15) is 9.59 Å². The molecule has 0 unspecified atom stereocenters. The highest BCUT2D eigenvalue weighted by Crippen LogP contribution is 2.35. The molecule has 0 aromatic heterocycles. The zero-order valence-corrected chi connectivity index (χ0v) is 26.1. The fraction of sp³-hybridized carbons (Fsp3) is 0.162. The molecule has 0 aliphatic heterocycles. The molecule has 0 saturated heterocycles. The lowest BCUT2D eigenvalue weighted by Crippen LogP contribution is -2.55. The molecule has 0 fully saturated rings. The zero-order chi connectivity index (χ0) is 31.3. The molecule has 0 aliphatic carbocycles. The molecule has 6 aromatic rings. The summed E-state index contributed by atoms with van der Waals surface area (Å²) in [5, 5.41) is 13.7. The molecule has 6 rings (SSSR count). The molecule has 0 spiro atoms. The Kier molecular flexibility index (Phi) is 8.75. The SMILES string of the molecule is CN(C)c1ccc(CC(=O)N[C@H](Cc2ccccc2)C(=O)NNC(=S)NCc2ccc3ccc4cccc5ccc2c3c45)cc1. The lowest BCUT2D eigenvalue weighted by atomic mass is 9.92. The predicted molar refractivity (Wildman–Crippen MR) is 187 cm³/mol. The minimum Gasteiger partial charge on any atom is -0.378 e. The largest absolute Gasteiger partial charge is 0.378 e. The Morgan fingerprint density at radius 2 is 1.38 bits per heavy atom. The molecule has 7 nitrogen and oxygen atoms in total. The summed E-state index contributed by atoms with van der Waals surface area (Å²) in [6.07, 6.45) is 0.502. The summed E-state index contributed by atoms with van der Waals surface area (Å²) in [5.41, 5.74) is 9.47. The first-order valence-electron chi connectivity index (χ1n) is 14.9. The number of hydrazine groups is 1. The van der Waals surface area contributed by atoms with Crippen LogP contribution in [0.25, 0.3) is 32.3 Å². The summed E-state index contributed by atoms with van der Waals surface area (Å²) < 4.78 is 0. The van der Waals surface area contributed by atoms with Gasteiger partial charge in [0.1, 0.15) is 6.04 Å². The van der Waals surface area contributed by atoms with E-state index in [0.29, 0.717) is 13.0 Å². The van der Waals surface area contributed by atoms with Crippen molar-refractivity contribution < 1.29 is 9.59 Å². The van der Waals surface area contributed by atoms with Crippen LogP contribution in [0, 0.1) is 0 Å². The van der Waals surface area contributed by atoms with Gasteiger partial charge in [0, 0.05) is 32.7 Å². The molecule has 0 saturated carbocycles. The second kappa shape index (κ2) is 13.2. The van der Waals surface area contributed by atoms with Gasteiger partial charge in [-0.05, 0) is 73.4 Å². The molecule has 2 amide bonds. The lowest BCUT2D eigenvalue weighted by Gasteiger charge is -2.20. The van der Waals surface area contributed by atoms with E-state index in [1.165, 1.54) is 26.9 Å². The summed E-state index contributed by atoms with van der Waals surface area (Å²) in [5.74, 6) is -0.625. The Balaban J connectivity index is 1.09. The van der Waals surface area contributed by atoms with E-state index in [1.54, 1.807) is 0 Å². The Morgan fingerprint density at radius 1 is 0.711 bits per heavy atom. The summed E-state index contributed by atoms with van der Waals surface area (Å²) in [6.45, 7) is 0.479. The van der Waals surface area contributed by atoms with Crippen LogP contribution in [0.4, 0.5) is 5.69 Å². The predicted octanol–water partition coefficient (Wildman–Crippen LogP) is 5.62. The Morgan fingerprint density at radius 3 is 2.09 bits per heavy atom. The highest BCUT2D eigenvalue weighted by molar-refractivity contribution is 7.80. The first-order chi connectivity index (χ1) is 21.9. The second-order valence-electron chi connectivity index (χ2n) is 11.4. The number of nitrogens with zero attached hydrogens (tertiary/aromatic N) is 1. The number of carbonyl (C=O) groups excluding carboxylic acids is 2. The van der Waals surface area contributed by atoms with Gasteiger partial charge in [-0.25, -0.2) is 0 Å². The van der Waals surface area contributed by atoms with Crippen molar-refractivity contribution in [3.05, 3.63) is 126 Å². The minimum atomic E-state index is -0.797. The Labute approximate surface area is 267 Å². The first-order valence-corrected chi connectivity index (χ1v) is 15.4. The van der Waals surface area contributed by atoms with Gasteiger partial charge in [-0.2, -0.15) is 0 Å². The molecule has 0 bridgehead atoms. The Bertz CT molecular complexity index is 1960.